The molecule has 1 fully saturated rings. The Kier molecular flexibility index (Phi) is 10.5. The van der Waals surface area contributed by atoms with Crippen LogP contribution in [0.5, 0.6) is 0 Å². The molecule has 238 valence electrons. The number of thioether (sulfide) groups is 1. The molecule has 0 amide bonds. The van der Waals surface area contributed by atoms with Crippen molar-refractivity contribution in [1.82, 2.24) is 9.71 Å². The molecule has 4 aromatic carbocycles. The zero-order chi connectivity index (χ0) is 31.9. The maximum Gasteiger partial charge on any atom is 0.243 e. The van der Waals surface area contributed by atoms with E-state index in [9.17, 15) is 18.6 Å². The molecule has 3 N–H and O–H groups in total. The van der Waals surface area contributed by atoms with Crippen molar-refractivity contribution in [2.45, 2.75) is 42.5 Å². The van der Waals surface area contributed by atoms with Gasteiger partial charge in [0.1, 0.15) is 4.90 Å². The van der Waals surface area contributed by atoms with Crippen molar-refractivity contribution >= 4 is 32.7 Å². The number of sulfonamides is 1. The fourth-order valence-corrected chi connectivity index (χ4v) is 7.77. The highest BCUT2D eigenvalue weighted by molar-refractivity contribution is 7.99. The zero-order valence-electron chi connectivity index (χ0n) is 25.1. The molecule has 2 heterocycles. The van der Waals surface area contributed by atoms with Gasteiger partial charge in [-0.25, -0.2) is 13.1 Å². The lowest BCUT2D eigenvalue weighted by Gasteiger charge is -2.43. The normalized spacial score (nSPS) is 20.1. The van der Waals surface area contributed by atoms with E-state index >= 15 is 0 Å². The van der Waals surface area contributed by atoms with Gasteiger partial charge in [-0.15, -0.1) is 0 Å². The van der Waals surface area contributed by atoms with Gasteiger partial charge in [-0.1, -0.05) is 97.1 Å². The number of ether oxygens (including phenoxy) is 2. The zero-order valence-corrected chi connectivity index (χ0v) is 26.7. The second-order valence-electron chi connectivity index (χ2n) is 11.1. The Morgan fingerprint density at radius 3 is 2.22 bits per heavy atom. The minimum absolute atomic E-state index is 0.0403. The van der Waals surface area contributed by atoms with Gasteiger partial charge in [0.25, 0.3) is 0 Å². The number of pyridine rings is 1. The highest BCUT2D eigenvalue weighted by Crippen LogP contribution is 2.47. The van der Waals surface area contributed by atoms with E-state index in [1.807, 2.05) is 78.9 Å². The van der Waals surface area contributed by atoms with Crippen LogP contribution in [0.3, 0.4) is 0 Å². The number of hydrogen-bond acceptors (Lipinski definition) is 8. The third kappa shape index (κ3) is 7.34. The Bertz CT molecular complexity index is 1830. The number of para-hydroxylation sites is 1. The third-order valence-corrected chi connectivity index (χ3v) is 10.6. The summed E-state index contributed by atoms with van der Waals surface area (Å²) in [5, 5.41) is 19.8. The number of nitrogens with one attached hydrogen (secondary N) is 1. The fraction of sp³-hybridized carbons (Fsp3) is 0.250. The second kappa shape index (κ2) is 14.9. The molecule has 46 heavy (non-hydrogen) atoms. The van der Waals surface area contributed by atoms with Gasteiger partial charge in [0.05, 0.1) is 30.9 Å². The topological polar surface area (TPSA) is 118 Å². The minimum Gasteiger partial charge on any atom is -0.396 e. The van der Waals surface area contributed by atoms with E-state index in [0.717, 1.165) is 33.2 Å². The van der Waals surface area contributed by atoms with E-state index in [4.69, 9.17) is 9.47 Å². The molecule has 4 atom stereocenters. The molecule has 0 radical (unpaired) electrons. The van der Waals surface area contributed by atoms with E-state index in [1.165, 1.54) is 0 Å². The van der Waals surface area contributed by atoms with Gasteiger partial charge in [0.15, 0.2) is 6.29 Å². The average molecular weight is 657 g/mol. The van der Waals surface area contributed by atoms with Gasteiger partial charge in [0, 0.05) is 41.1 Å². The summed E-state index contributed by atoms with van der Waals surface area (Å²) >= 11 is 1.64. The van der Waals surface area contributed by atoms with Crippen LogP contribution < -0.4 is 4.72 Å². The van der Waals surface area contributed by atoms with Gasteiger partial charge in [-0.05, 0) is 34.4 Å². The molecule has 0 aliphatic carbocycles. The van der Waals surface area contributed by atoms with Gasteiger partial charge < -0.3 is 19.7 Å². The Labute approximate surface area is 273 Å². The number of aliphatic hydroxyl groups is 2. The van der Waals surface area contributed by atoms with Crippen LogP contribution in [0.15, 0.2) is 120 Å². The number of nitrogens with zero attached hydrogens (tertiary/aromatic N) is 1. The van der Waals surface area contributed by atoms with Crippen molar-refractivity contribution in [1.29, 1.82) is 0 Å². The molecule has 8 nitrogen and oxygen atoms in total. The van der Waals surface area contributed by atoms with E-state index < -0.39 is 16.3 Å². The van der Waals surface area contributed by atoms with Crippen molar-refractivity contribution in [3.8, 4) is 0 Å². The van der Waals surface area contributed by atoms with Crippen LogP contribution in [0.4, 0.5) is 0 Å². The van der Waals surface area contributed by atoms with Crippen LogP contribution in [-0.2, 0) is 32.6 Å². The molecule has 6 rings (SSSR count). The molecule has 5 aromatic rings. The average Bonchev–Trinajstić information content (AvgIpc) is 3.11. The van der Waals surface area contributed by atoms with E-state index in [2.05, 4.69) is 21.8 Å². The summed E-state index contributed by atoms with van der Waals surface area (Å²) in [6.45, 7) is 0.150. The Hall–Kier alpha value is -3.61. The van der Waals surface area contributed by atoms with Gasteiger partial charge in [-0.3, -0.25) is 4.98 Å². The van der Waals surface area contributed by atoms with Crippen molar-refractivity contribution in [2.24, 2.45) is 0 Å². The monoisotopic (exact) mass is 656 g/mol. The number of aliphatic hydroxyl groups excluding tert-OH is 2. The molecule has 0 bridgehead atoms. The largest absolute Gasteiger partial charge is 0.396 e. The van der Waals surface area contributed by atoms with Gasteiger partial charge in [-0.2, -0.15) is 11.8 Å². The molecule has 10 heteroatoms. The molecule has 1 aliphatic rings. The first kappa shape index (κ1) is 32.3. The van der Waals surface area contributed by atoms with Crippen molar-refractivity contribution < 1.29 is 28.1 Å². The molecule has 1 aromatic heterocycles. The molecule has 1 saturated heterocycles. The minimum atomic E-state index is -3.81. The van der Waals surface area contributed by atoms with Gasteiger partial charge in [0.2, 0.25) is 10.0 Å². The fourth-order valence-electron chi connectivity index (χ4n) is 5.76. The summed E-state index contributed by atoms with van der Waals surface area (Å²) in [5.74, 6) is 1.15. The van der Waals surface area contributed by atoms with E-state index in [-0.39, 0.29) is 42.8 Å². The number of aromatic nitrogens is 1. The first-order valence-electron chi connectivity index (χ1n) is 15.1. The number of benzene rings is 4. The lowest BCUT2D eigenvalue weighted by Crippen LogP contribution is -2.38. The first-order chi connectivity index (χ1) is 22.5. The third-order valence-electron chi connectivity index (χ3n) is 8.09. The van der Waals surface area contributed by atoms with Crippen LogP contribution >= 0.6 is 11.8 Å². The molecule has 0 spiro atoms. The number of rotatable bonds is 12. The van der Waals surface area contributed by atoms with Crippen molar-refractivity contribution in [3.05, 3.63) is 143 Å². The lowest BCUT2D eigenvalue weighted by molar-refractivity contribution is -0.255. The van der Waals surface area contributed by atoms with Crippen molar-refractivity contribution in [3.63, 3.8) is 0 Å². The highest BCUT2D eigenvalue weighted by Gasteiger charge is 2.41. The summed E-state index contributed by atoms with van der Waals surface area (Å²) in [6.07, 6.45) is 0.354. The quantitative estimate of drug-likeness (QED) is 0.143. The number of hydrogen-bond donors (Lipinski definition) is 3. The first-order valence-corrected chi connectivity index (χ1v) is 17.8. The van der Waals surface area contributed by atoms with Gasteiger partial charge >= 0.3 is 0 Å². The molecule has 0 saturated carbocycles. The molecular weight excluding hydrogens is 621 g/mol. The van der Waals surface area contributed by atoms with E-state index in [0.29, 0.717) is 17.0 Å². The summed E-state index contributed by atoms with van der Waals surface area (Å²) in [5.41, 5.74) is 4.92. The van der Waals surface area contributed by atoms with Crippen LogP contribution in [0.2, 0.25) is 0 Å². The predicted octanol–water partition coefficient (Wildman–Crippen LogP) is 5.87. The summed E-state index contributed by atoms with van der Waals surface area (Å²) in [4.78, 5) is 4.43. The maximum absolute atomic E-state index is 13.2. The van der Waals surface area contributed by atoms with Crippen LogP contribution in [0.25, 0.3) is 10.9 Å². The Morgan fingerprint density at radius 2 is 1.48 bits per heavy atom. The predicted molar refractivity (Wildman–Crippen MR) is 180 cm³/mol. The van der Waals surface area contributed by atoms with Crippen LogP contribution in [0.1, 0.15) is 46.1 Å². The maximum atomic E-state index is 13.2. The Morgan fingerprint density at radius 1 is 0.761 bits per heavy atom. The van der Waals surface area contributed by atoms with Crippen LogP contribution in [-0.4, -0.2) is 47.8 Å². The van der Waals surface area contributed by atoms with E-state index in [1.54, 1.807) is 36.2 Å². The summed E-state index contributed by atoms with van der Waals surface area (Å²) in [6, 6.07) is 34.2. The summed E-state index contributed by atoms with van der Waals surface area (Å²) < 4.78 is 42.5. The number of fused-ring (bicyclic) bond motifs is 1. The standard InChI is InChI=1S/C36H36N2O6S2/c39-20-21-45-24-31-33(27-6-2-1-3-7-27)35(29-15-13-26(23-40)14-16-29)44-36(43-31)30-17-11-25(12-18-30)22-38-46(41,42)32-10-4-8-28-9-5-19-37-34(28)32/h1-19,31,33,35-36,38-40H,20-24H2/t31-,33-,35+,36?/m1/s1. The van der Waals surface area contributed by atoms with Crippen molar-refractivity contribution in [2.75, 3.05) is 18.1 Å². The lowest BCUT2D eigenvalue weighted by atomic mass is 9.84. The molecule has 1 aliphatic heterocycles. The second-order valence-corrected chi connectivity index (χ2v) is 14.0. The summed E-state index contributed by atoms with van der Waals surface area (Å²) in [7, 11) is -3.81. The Balaban J connectivity index is 1.24. The van der Waals surface area contributed by atoms with Crippen LogP contribution in [0, 0.1) is 0 Å². The molecular formula is C36H36N2O6S2. The highest BCUT2D eigenvalue weighted by atomic mass is 32.2. The smallest absolute Gasteiger partial charge is 0.243 e. The SMILES string of the molecule is O=S(=O)(NCc1ccc(C2O[C@H](CSCCO)[C@@H](c3ccccc3)[C@H](c3ccc(CO)cc3)O2)cc1)c1cccc2cccnc12. The molecule has 1 unspecified atom stereocenters.